The van der Waals surface area contributed by atoms with Crippen LogP contribution in [0.3, 0.4) is 0 Å². The molecule has 2 aromatic rings. The summed E-state index contributed by atoms with van der Waals surface area (Å²) in [4.78, 5) is 18.5. The highest BCUT2D eigenvalue weighted by Gasteiger charge is 2.19. The van der Waals surface area contributed by atoms with Gasteiger partial charge in [-0.1, -0.05) is 11.3 Å². The number of aryl methyl sites for hydroxylation is 2. The van der Waals surface area contributed by atoms with Crippen molar-refractivity contribution in [3.63, 3.8) is 0 Å². The molecule has 2 N–H and O–H groups in total. The van der Waals surface area contributed by atoms with Gasteiger partial charge in [-0.2, -0.15) is 0 Å². The van der Waals surface area contributed by atoms with Gasteiger partial charge >= 0.3 is 0 Å². The molecule has 0 saturated heterocycles. The number of thiazole rings is 1. The topological polar surface area (TPSA) is 72.4 Å². The van der Waals surface area contributed by atoms with Crippen molar-refractivity contribution < 1.29 is 9.21 Å². The third-order valence-corrected chi connectivity index (χ3v) is 3.70. The average Bonchev–Trinajstić information content (AvgIpc) is 2.85. The third-order valence-electron chi connectivity index (χ3n) is 2.73. The molecule has 0 atom stereocenters. The molecule has 0 aromatic carbocycles. The van der Waals surface area contributed by atoms with Crippen LogP contribution in [0.25, 0.3) is 0 Å². The fraction of sp³-hybridized carbons (Fsp3) is 0.333. The van der Waals surface area contributed by atoms with E-state index in [0.717, 1.165) is 11.3 Å². The Labute approximate surface area is 109 Å². The molecule has 2 rings (SSSR count). The van der Waals surface area contributed by atoms with Crippen LogP contribution in [0.5, 0.6) is 0 Å². The van der Waals surface area contributed by atoms with Crippen molar-refractivity contribution in [1.29, 1.82) is 0 Å². The van der Waals surface area contributed by atoms with Gasteiger partial charge in [-0.15, -0.1) is 0 Å². The van der Waals surface area contributed by atoms with E-state index in [0.29, 0.717) is 22.2 Å². The van der Waals surface area contributed by atoms with Crippen LogP contribution in [0, 0.1) is 13.8 Å². The largest absolute Gasteiger partial charge is 0.469 e. The maximum absolute atomic E-state index is 12.2. The molecule has 0 fully saturated rings. The number of carbonyl (C=O) groups is 1. The fourth-order valence-electron chi connectivity index (χ4n) is 1.69. The van der Waals surface area contributed by atoms with Crippen molar-refractivity contribution in [2.75, 3.05) is 12.8 Å². The number of hydrogen-bond donors (Lipinski definition) is 1. The lowest BCUT2D eigenvalue weighted by atomic mass is 10.2. The number of hydrogen-bond acceptors (Lipinski definition) is 5. The van der Waals surface area contributed by atoms with E-state index < -0.39 is 0 Å². The van der Waals surface area contributed by atoms with Crippen LogP contribution in [0.4, 0.5) is 5.13 Å². The quantitative estimate of drug-likeness (QED) is 0.923. The fourth-order valence-corrected chi connectivity index (χ4v) is 2.52. The first-order valence-electron chi connectivity index (χ1n) is 5.50. The lowest BCUT2D eigenvalue weighted by Crippen LogP contribution is -2.26. The maximum atomic E-state index is 12.2. The van der Waals surface area contributed by atoms with Crippen molar-refractivity contribution in [3.05, 3.63) is 34.2 Å². The van der Waals surface area contributed by atoms with Crippen LogP contribution in [0.1, 0.15) is 26.7 Å². The van der Waals surface area contributed by atoms with Crippen molar-refractivity contribution >= 4 is 22.4 Å². The van der Waals surface area contributed by atoms with Crippen LogP contribution in [0.15, 0.2) is 16.7 Å². The second-order valence-corrected chi connectivity index (χ2v) is 5.16. The van der Waals surface area contributed by atoms with Crippen LogP contribution in [-0.4, -0.2) is 22.8 Å². The minimum Gasteiger partial charge on any atom is -0.469 e. The third kappa shape index (κ3) is 2.38. The normalized spacial score (nSPS) is 10.6. The van der Waals surface area contributed by atoms with Crippen molar-refractivity contribution in [2.24, 2.45) is 0 Å². The molecule has 0 aliphatic heterocycles. The molecule has 2 heterocycles. The van der Waals surface area contributed by atoms with E-state index in [-0.39, 0.29) is 5.91 Å². The van der Waals surface area contributed by atoms with Crippen molar-refractivity contribution in [3.8, 4) is 0 Å². The van der Waals surface area contributed by atoms with Gasteiger partial charge in [0.05, 0.1) is 12.0 Å². The minimum atomic E-state index is -0.0673. The summed E-state index contributed by atoms with van der Waals surface area (Å²) >= 11 is 1.22. The highest BCUT2D eigenvalue weighted by molar-refractivity contribution is 7.17. The lowest BCUT2D eigenvalue weighted by Gasteiger charge is -2.15. The van der Waals surface area contributed by atoms with Gasteiger partial charge in [-0.3, -0.25) is 4.79 Å². The molecule has 6 heteroatoms. The summed E-state index contributed by atoms with van der Waals surface area (Å²) in [5, 5.41) is 0.420. The zero-order valence-corrected chi connectivity index (χ0v) is 11.4. The molecular formula is C12H15N3O2S. The average molecular weight is 265 g/mol. The number of anilines is 1. The second-order valence-electron chi connectivity index (χ2n) is 4.13. The number of aromatic nitrogens is 1. The van der Waals surface area contributed by atoms with E-state index >= 15 is 0 Å². The Morgan fingerprint density at radius 1 is 1.56 bits per heavy atom. The van der Waals surface area contributed by atoms with Crippen molar-refractivity contribution in [1.82, 2.24) is 9.88 Å². The van der Waals surface area contributed by atoms with Gasteiger partial charge in [0.25, 0.3) is 5.91 Å². The van der Waals surface area contributed by atoms with Crippen molar-refractivity contribution in [2.45, 2.75) is 20.4 Å². The van der Waals surface area contributed by atoms with Gasteiger partial charge < -0.3 is 15.1 Å². The van der Waals surface area contributed by atoms with Crippen LogP contribution < -0.4 is 5.73 Å². The van der Waals surface area contributed by atoms with E-state index in [1.807, 2.05) is 13.0 Å². The van der Waals surface area contributed by atoms with Crippen LogP contribution >= 0.6 is 11.3 Å². The molecule has 0 aliphatic rings. The van der Waals surface area contributed by atoms with E-state index in [1.54, 1.807) is 25.1 Å². The second kappa shape index (κ2) is 4.81. The Balaban J connectivity index is 2.14. The van der Waals surface area contributed by atoms with E-state index in [9.17, 15) is 4.79 Å². The van der Waals surface area contributed by atoms with Gasteiger partial charge in [-0.25, -0.2) is 4.98 Å². The molecule has 5 nitrogen and oxygen atoms in total. The predicted molar refractivity (Wildman–Crippen MR) is 70.5 cm³/mol. The number of rotatable bonds is 3. The molecule has 96 valence electrons. The number of nitrogens with two attached hydrogens (primary N) is 1. The summed E-state index contributed by atoms with van der Waals surface area (Å²) in [7, 11) is 1.75. The zero-order chi connectivity index (χ0) is 13.3. The number of amides is 1. The van der Waals surface area contributed by atoms with Gasteiger partial charge in [-0.05, 0) is 19.9 Å². The van der Waals surface area contributed by atoms with Crippen LogP contribution in [-0.2, 0) is 6.54 Å². The number of nitrogen functional groups attached to an aromatic ring is 1. The molecule has 0 unspecified atom stereocenters. The van der Waals surface area contributed by atoms with Gasteiger partial charge in [0, 0.05) is 19.2 Å². The Kier molecular flexibility index (Phi) is 3.38. The molecule has 0 aliphatic carbocycles. The first-order chi connectivity index (χ1) is 8.49. The monoisotopic (exact) mass is 265 g/mol. The number of carbonyl (C=O) groups excluding carboxylic acids is 1. The molecular weight excluding hydrogens is 250 g/mol. The summed E-state index contributed by atoms with van der Waals surface area (Å²) in [5.74, 6) is 0.762. The molecule has 2 aromatic heterocycles. The predicted octanol–water partition coefficient (Wildman–Crippen LogP) is 2.21. The first-order valence-corrected chi connectivity index (χ1v) is 6.32. The Morgan fingerprint density at radius 3 is 2.78 bits per heavy atom. The molecule has 0 spiro atoms. The summed E-state index contributed by atoms with van der Waals surface area (Å²) in [6.07, 6.45) is 1.62. The van der Waals surface area contributed by atoms with E-state index in [4.69, 9.17) is 10.2 Å². The molecule has 0 radical (unpaired) electrons. The van der Waals surface area contributed by atoms with Gasteiger partial charge in [0.1, 0.15) is 10.6 Å². The summed E-state index contributed by atoms with van der Waals surface area (Å²) in [5.41, 5.74) is 7.28. The van der Waals surface area contributed by atoms with E-state index in [1.165, 1.54) is 11.3 Å². The first kappa shape index (κ1) is 12.6. The lowest BCUT2D eigenvalue weighted by molar-refractivity contribution is 0.0788. The van der Waals surface area contributed by atoms with Crippen LogP contribution in [0.2, 0.25) is 0 Å². The Hall–Kier alpha value is -1.82. The smallest absolute Gasteiger partial charge is 0.265 e. The Morgan fingerprint density at radius 2 is 2.28 bits per heavy atom. The summed E-state index contributed by atoms with van der Waals surface area (Å²) in [6.45, 7) is 4.18. The van der Waals surface area contributed by atoms with Gasteiger partial charge in [0.15, 0.2) is 5.13 Å². The van der Waals surface area contributed by atoms with Gasteiger partial charge in [0.2, 0.25) is 0 Å². The molecule has 1 amide bonds. The number of furan rings is 1. The molecule has 0 bridgehead atoms. The SMILES string of the molecule is Cc1nc(N)sc1C(=O)N(C)Cc1ccoc1C. The summed E-state index contributed by atoms with van der Waals surface area (Å²) in [6, 6.07) is 1.87. The molecule has 18 heavy (non-hydrogen) atoms. The Bertz CT molecular complexity index is 574. The highest BCUT2D eigenvalue weighted by Crippen LogP contribution is 2.22. The minimum absolute atomic E-state index is 0.0673. The molecule has 0 saturated carbocycles. The highest BCUT2D eigenvalue weighted by atomic mass is 32.1. The maximum Gasteiger partial charge on any atom is 0.265 e. The summed E-state index contributed by atoms with van der Waals surface area (Å²) < 4.78 is 5.21. The zero-order valence-electron chi connectivity index (χ0n) is 10.6. The van der Waals surface area contributed by atoms with E-state index in [2.05, 4.69) is 4.98 Å². The number of nitrogens with zero attached hydrogens (tertiary/aromatic N) is 2. The standard InChI is InChI=1S/C12H15N3O2S/c1-7-10(18-12(13)14-7)11(16)15(3)6-9-4-5-17-8(9)2/h4-5H,6H2,1-3H3,(H2,13,14).